The van der Waals surface area contributed by atoms with Crippen molar-refractivity contribution in [3.63, 3.8) is 0 Å². The second-order valence-electron chi connectivity index (χ2n) is 7.96. The van der Waals surface area contributed by atoms with Crippen molar-refractivity contribution >= 4 is 10.0 Å². The lowest BCUT2D eigenvalue weighted by atomic mass is 10.1. The van der Waals surface area contributed by atoms with Gasteiger partial charge in [0.15, 0.2) is 0 Å². The average Bonchev–Trinajstić information content (AvgIpc) is 2.71. The Morgan fingerprint density at radius 1 is 0.607 bits per heavy atom. The highest BCUT2D eigenvalue weighted by atomic mass is 32.2. The number of unbranched alkanes of at least 4 members (excludes halogenated alkanes) is 12. The molecule has 162 valence electrons. The van der Waals surface area contributed by atoms with Gasteiger partial charge in [-0.15, -0.1) is 0 Å². The van der Waals surface area contributed by atoms with Gasteiger partial charge in [-0.25, -0.2) is 8.42 Å². The predicted molar refractivity (Wildman–Crippen MR) is 121 cm³/mol. The van der Waals surface area contributed by atoms with Crippen molar-refractivity contribution in [1.29, 1.82) is 0 Å². The Labute approximate surface area is 175 Å². The molecular weight excluding hydrogens is 366 g/mol. The van der Waals surface area contributed by atoms with Gasteiger partial charge in [0.25, 0.3) is 0 Å². The van der Waals surface area contributed by atoms with Crippen LogP contribution in [0.4, 0.5) is 0 Å². The standard InChI is InChI=1S/C24H43NO2S/c1-3-5-7-9-11-13-18-22-25(23-19-14-12-10-8-6-4-2)28(26,27)24-20-16-15-17-21-24/h15-17,20-21H,3-14,18-19,22-23H2,1-2H3. The number of nitrogens with zero attached hydrogens (tertiary/aromatic N) is 1. The highest BCUT2D eigenvalue weighted by Crippen LogP contribution is 2.18. The molecule has 0 aromatic heterocycles. The molecule has 0 saturated heterocycles. The number of rotatable bonds is 18. The van der Waals surface area contributed by atoms with Crippen molar-refractivity contribution in [3.8, 4) is 0 Å². The molecule has 4 heteroatoms. The van der Waals surface area contributed by atoms with Gasteiger partial charge in [0.05, 0.1) is 4.90 Å². The Hall–Kier alpha value is -0.870. The first kappa shape index (κ1) is 25.2. The Morgan fingerprint density at radius 3 is 1.43 bits per heavy atom. The molecule has 3 nitrogen and oxygen atoms in total. The van der Waals surface area contributed by atoms with Crippen LogP contribution in [0.25, 0.3) is 0 Å². The van der Waals surface area contributed by atoms with E-state index in [1.165, 1.54) is 64.2 Å². The Kier molecular flexibility index (Phi) is 14.4. The summed E-state index contributed by atoms with van der Waals surface area (Å²) < 4.78 is 27.9. The Bertz CT molecular complexity index is 554. The van der Waals surface area contributed by atoms with E-state index in [1.807, 2.05) is 18.2 Å². The minimum Gasteiger partial charge on any atom is -0.207 e. The van der Waals surface area contributed by atoms with Crippen LogP contribution in [0.3, 0.4) is 0 Å². The monoisotopic (exact) mass is 409 g/mol. The van der Waals surface area contributed by atoms with Crippen LogP contribution < -0.4 is 0 Å². The third-order valence-corrected chi connectivity index (χ3v) is 7.32. The first-order chi connectivity index (χ1) is 13.6. The molecular formula is C24H43NO2S. The molecule has 0 saturated carbocycles. The minimum absolute atomic E-state index is 0.431. The van der Waals surface area contributed by atoms with Gasteiger partial charge in [0, 0.05) is 13.1 Å². The molecule has 0 aliphatic rings. The molecule has 1 aromatic rings. The molecule has 0 radical (unpaired) electrons. The summed E-state index contributed by atoms with van der Waals surface area (Å²) in [5, 5.41) is 0. The zero-order chi connectivity index (χ0) is 20.5. The largest absolute Gasteiger partial charge is 0.243 e. The van der Waals surface area contributed by atoms with Crippen LogP contribution in [-0.2, 0) is 10.0 Å². The normalized spacial score (nSPS) is 12.0. The van der Waals surface area contributed by atoms with Gasteiger partial charge in [-0.2, -0.15) is 4.31 Å². The Balaban J connectivity index is 2.48. The number of benzene rings is 1. The molecule has 0 bridgehead atoms. The summed E-state index contributed by atoms with van der Waals surface area (Å²) in [4.78, 5) is 0.431. The van der Waals surface area contributed by atoms with Crippen molar-refractivity contribution in [1.82, 2.24) is 4.31 Å². The van der Waals surface area contributed by atoms with Gasteiger partial charge < -0.3 is 0 Å². The maximum Gasteiger partial charge on any atom is 0.243 e. The van der Waals surface area contributed by atoms with E-state index in [-0.39, 0.29) is 0 Å². The molecule has 0 aliphatic heterocycles. The maximum absolute atomic E-state index is 13.1. The molecule has 0 aliphatic carbocycles. The summed E-state index contributed by atoms with van der Waals surface area (Å²) in [7, 11) is -3.37. The molecule has 0 spiro atoms. The van der Waals surface area contributed by atoms with E-state index in [2.05, 4.69) is 13.8 Å². The van der Waals surface area contributed by atoms with Crippen LogP contribution in [0.15, 0.2) is 35.2 Å². The van der Waals surface area contributed by atoms with Crippen LogP contribution in [0, 0.1) is 0 Å². The molecule has 0 heterocycles. The first-order valence-electron chi connectivity index (χ1n) is 11.7. The molecule has 0 atom stereocenters. The van der Waals surface area contributed by atoms with Gasteiger partial charge >= 0.3 is 0 Å². The highest BCUT2D eigenvalue weighted by Gasteiger charge is 2.23. The topological polar surface area (TPSA) is 37.4 Å². The summed E-state index contributed by atoms with van der Waals surface area (Å²) in [6, 6.07) is 8.94. The lowest BCUT2D eigenvalue weighted by molar-refractivity contribution is 0.383. The fourth-order valence-corrected chi connectivity index (χ4v) is 5.12. The summed E-state index contributed by atoms with van der Waals surface area (Å²) >= 11 is 0. The fraction of sp³-hybridized carbons (Fsp3) is 0.750. The van der Waals surface area contributed by atoms with E-state index < -0.39 is 10.0 Å². The van der Waals surface area contributed by atoms with E-state index in [9.17, 15) is 8.42 Å². The van der Waals surface area contributed by atoms with Gasteiger partial charge in [0.1, 0.15) is 0 Å². The first-order valence-corrected chi connectivity index (χ1v) is 13.1. The predicted octanol–water partition coefficient (Wildman–Crippen LogP) is 7.18. The average molecular weight is 410 g/mol. The van der Waals surface area contributed by atoms with Crippen molar-refractivity contribution < 1.29 is 8.42 Å². The van der Waals surface area contributed by atoms with Crippen molar-refractivity contribution in [2.75, 3.05) is 13.1 Å². The smallest absolute Gasteiger partial charge is 0.207 e. The molecule has 0 N–H and O–H groups in total. The quantitative estimate of drug-likeness (QED) is 0.241. The fourth-order valence-electron chi connectivity index (χ4n) is 3.58. The number of sulfonamides is 1. The van der Waals surface area contributed by atoms with Crippen LogP contribution in [-0.4, -0.2) is 25.8 Å². The van der Waals surface area contributed by atoms with Crippen molar-refractivity contribution in [3.05, 3.63) is 30.3 Å². The molecule has 0 fully saturated rings. The van der Waals surface area contributed by atoms with E-state index in [0.717, 1.165) is 25.7 Å². The van der Waals surface area contributed by atoms with Crippen molar-refractivity contribution in [2.24, 2.45) is 0 Å². The summed E-state index contributed by atoms with van der Waals surface area (Å²) in [5.74, 6) is 0. The van der Waals surface area contributed by atoms with Gasteiger partial charge in [-0.3, -0.25) is 0 Å². The van der Waals surface area contributed by atoms with E-state index in [0.29, 0.717) is 18.0 Å². The number of hydrogen-bond acceptors (Lipinski definition) is 2. The molecule has 0 unspecified atom stereocenters. The highest BCUT2D eigenvalue weighted by molar-refractivity contribution is 7.89. The van der Waals surface area contributed by atoms with Crippen LogP contribution >= 0.6 is 0 Å². The van der Waals surface area contributed by atoms with E-state index >= 15 is 0 Å². The third kappa shape index (κ3) is 10.6. The summed E-state index contributed by atoms with van der Waals surface area (Å²) in [6.45, 7) is 5.77. The van der Waals surface area contributed by atoms with Crippen molar-refractivity contribution in [2.45, 2.75) is 109 Å². The van der Waals surface area contributed by atoms with Crippen LogP contribution in [0.5, 0.6) is 0 Å². The molecule has 1 aromatic carbocycles. The van der Waals surface area contributed by atoms with Gasteiger partial charge in [0.2, 0.25) is 10.0 Å². The lowest BCUT2D eigenvalue weighted by Crippen LogP contribution is -2.33. The second-order valence-corrected chi connectivity index (χ2v) is 9.90. The maximum atomic E-state index is 13.1. The molecule has 28 heavy (non-hydrogen) atoms. The second kappa shape index (κ2) is 16.0. The van der Waals surface area contributed by atoms with Gasteiger partial charge in [-0.05, 0) is 25.0 Å². The minimum atomic E-state index is -3.37. The molecule has 0 amide bonds. The number of hydrogen-bond donors (Lipinski definition) is 0. The summed E-state index contributed by atoms with van der Waals surface area (Å²) in [5.41, 5.74) is 0. The zero-order valence-corrected chi connectivity index (χ0v) is 19.2. The van der Waals surface area contributed by atoms with Crippen LogP contribution in [0.1, 0.15) is 104 Å². The zero-order valence-electron chi connectivity index (χ0n) is 18.4. The van der Waals surface area contributed by atoms with Crippen LogP contribution in [0.2, 0.25) is 0 Å². The molecule has 1 rings (SSSR count). The lowest BCUT2D eigenvalue weighted by Gasteiger charge is -2.22. The third-order valence-electron chi connectivity index (χ3n) is 5.40. The SMILES string of the molecule is CCCCCCCCCN(CCCCCCCCC)S(=O)(=O)c1ccccc1. The van der Waals surface area contributed by atoms with E-state index in [1.54, 1.807) is 16.4 Å². The summed E-state index contributed by atoms with van der Waals surface area (Å²) in [6.07, 6.45) is 16.9. The van der Waals surface area contributed by atoms with Gasteiger partial charge in [-0.1, -0.05) is 109 Å². The Morgan fingerprint density at radius 2 is 1.00 bits per heavy atom. The van der Waals surface area contributed by atoms with E-state index in [4.69, 9.17) is 0 Å².